The van der Waals surface area contributed by atoms with Crippen LogP contribution in [0, 0.1) is 13.8 Å². The quantitative estimate of drug-likeness (QED) is 0.697. The van der Waals surface area contributed by atoms with Gasteiger partial charge in [0, 0.05) is 37.8 Å². The molecular formula is C19H22N6OS. The Hall–Kier alpha value is -2.48. The van der Waals surface area contributed by atoms with Crippen LogP contribution in [0.15, 0.2) is 18.2 Å². The highest BCUT2D eigenvalue weighted by atomic mass is 32.1. The van der Waals surface area contributed by atoms with E-state index in [2.05, 4.69) is 52.2 Å². The summed E-state index contributed by atoms with van der Waals surface area (Å²) in [4.78, 5) is 17.9. The summed E-state index contributed by atoms with van der Waals surface area (Å²) in [6.45, 7) is 7.41. The minimum atomic E-state index is 0.00728. The molecule has 0 radical (unpaired) electrons. The average Bonchev–Trinajstić information content (AvgIpc) is 3.31. The van der Waals surface area contributed by atoms with Crippen molar-refractivity contribution in [2.75, 3.05) is 31.1 Å². The van der Waals surface area contributed by atoms with Crippen LogP contribution in [0.25, 0.3) is 4.96 Å². The Labute approximate surface area is 161 Å². The first-order chi connectivity index (χ1) is 13.1. The van der Waals surface area contributed by atoms with E-state index in [9.17, 15) is 4.79 Å². The summed E-state index contributed by atoms with van der Waals surface area (Å²) in [5.74, 6) is 1.37. The summed E-state index contributed by atoms with van der Waals surface area (Å²) in [7, 11) is 0. The van der Waals surface area contributed by atoms with E-state index in [4.69, 9.17) is 0 Å². The third-order valence-corrected chi connectivity index (χ3v) is 6.51. The number of aryl methyl sites for hydroxylation is 1. The molecule has 3 aromatic rings. The Balaban J connectivity index is 1.30. The lowest BCUT2D eigenvalue weighted by Gasteiger charge is -2.36. The number of hydrogen-bond acceptors (Lipinski definition) is 6. The molecule has 1 amide bonds. The highest BCUT2D eigenvalue weighted by Crippen LogP contribution is 2.39. The van der Waals surface area contributed by atoms with Gasteiger partial charge in [0.05, 0.1) is 0 Å². The number of aromatic nitrogens is 4. The van der Waals surface area contributed by atoms with Crippen molar-refractivity contribution < 1.29 is 4.79 Å². The van der Waals surface area contributed by atoms with Gasteiger partial charge in [-0.3, -0.25) is 4.79 Å². The minimum Gasteiger partial charge on any atom is -0.368 e. The fourth-order valence-electron chi connectivity index (χ4n) is 3.68. The van der Waals surface area contributed by atoms with Crippen LogP contribution in [0.2, 0.25) is 0 Å². The predicted molar refractivity (Wildman–Crippen MR) is 105 cm³/mol. The second-order valence-corrected chi connectivity index (χ2v) is 8.39. The third-order valence-electron chi connectivity index (χ3n) is 5.62. The van der Waals surface area contributed by atoms with E-state index in [1.165, 1.54) is 28.2 Å². The molecule has 2 aliphatic rings. The molecule has 1 aliphatic heterocycles. The first-order valence-corrected chi connectivity index (χ1v) is 10.3. The van der Waals surface area contributed by atoms with E-state index in [1.54, 1.807) is 4.52 Å². The maximum Gasteiger partial charge on any atom is 0.284 e. The Morgan fingerprint density at radius 3 is 2.63 bits per heavy atom. The van der Waals surface area contributed by atoms with Gasteiger partial charge in [-0.1, -0.05) is 23.5 Å². The summed E-state index contributed by atoms with van der Waals surface area (Å²) < 4.78 is 1.77. The largest absolute Gasteiger partial charge is 0.368 e. The van der Waals surface area contributed by atoms with Gasteiger partial charge in [-0.05, 0) is 43.9 Å². The molecule has 3 heterocycles. The van der Waals surface area contributed by atoms with Gasteiger partial charge in [-0.2, -0.15) is 4.52 Å². The Morgan fingerprint density at radius 2 is 1.89 bits per heavy atom. The van der Waals surface area contributed by atoms with Gasteiger partial charge in [-0.25, -0.2) is 0 Å². The molecule has 0 bridgehead atoms. The minimum absolute atomic E-state index is 0.00728. The number of hydrogen-bond donors (Lipinski definition) is 0. The maximum absolute atomic E-state index is 12.9. The van der Waals surface area contributed by atoms with Gasteiger partial charge in [0.25, 0.3) is 5.91 Å². The van der Waals surface area contributed by atoms with Gasteiger partial charge >= 0.3 is 0 Å². The van der Waals surface area contributed by atoms with Crippen LogP contribution in [0.4, 0.5) is 5.69 Å². The molecule has 1 saturated heterocycles. The average molecular weight is 382 g/mol. The molecule has 0 N–H and O–H groups in total. The van der Waals surface area contributed by atoms with Crippen molar-refractivity contribution in [2.45, 2.75) is 32.6 Å². The zero-order valence-corrected chi connectivity index (χ0v) is 16.4. The number of carbonyl (C=O) groups excluding carboxylic acids is 1. The lowest BCUT2D eigenvalue weighted by molar-refractivity contribution is 0.0745. The summed E-state index contributed by atoms with van der Waals surface area (Å²) in [6.07, 6.45) is 2.28. The number of benzene rings is 1. The molecule has 27 heavy (non-hydrogen) atoms. The Bertz CT molecular complexity index is 1010. The zero-order valence-electron chi connectivity index (χ0n) is 15.6. The predicted octanol–water partition coefficient (Wildman–Crippen LogP) is 2.64. The van der Waals surface area contributed by atoms with Gasteiger partial charge in [-0.15, -0.1) is 15.3 Å². The van der Waals surface area contributed by atoms with Crippen molar-refractivity contribution in [3.63, 3.8) is 0 Å². The highest BCUT2D eigenvalue weighted by Gasteiger charge is 2.31. The Morgan fingerprint density at radius 1 is 1.11 bits per heavy atom. The van der Waals surface area contributed by atoms with Crippen molar-refractivity contribution >= 4 is 27.9 Å². The normalized spacial score (nSPS) is 17.7. The second kappa shape index (κ2) is 6.30. The molecule has 1 saturated carbocycles. The standard InChI is InChI=1S/C19H22N6OS/c1-12-4-3-5-15(13(12)2)23-8-10-24(11-9-23)18(26)17-22-25-16(14-6-7-14)20-21-19(25)27-17/h3-5,14H,6-11H2,1-2H3. The number of rotatable bonds is 3. The van der Waals surface area contributed by atoms with E-state index in [-0.39, 0.29) is 5.91 Å². The number of fused-ring (bicyclic) bond motifs is 1. The first-order valence-electron chi connectivity index (χ1n) is 9.44. The van der Waals surface area contributed by atoms with E-state index in [1.807, 2.05) is 4.90 Å². The summed E-state index contributed by atoms with van der Waals surface area (Å²) in [6, 6.07) is 6.41. The second-order valence-electron chi connectivity index (χ2n) is 7.43. The third kappa shape index (κ3) is 2.88. The van der Waals surface area contributed by atoms with Crippen LogP contribution in [-0.2, 0) is 0 Å². The van der Waals surface area contributed by atoms with E-state index >= 15 is 0 Å². The summed E-state index contributed by atoms with van der Waals surface area (Å²) >= 11 is 1.34. The molecule has 5 rings (SSSR count). The number of nitrogens with zero attached hydrogens (tertiary/aromatic N) is 6. The SMILES string of the molecule is Cc1cccc(N2CCN(C(=O)c3nn4c(C5CC5)nnc4s3)CC2)c1C. The van der Waals surface area contributed by atoms with E-state index in [0.29, 0.717) is 29.0 Å². The van der Waals surface area contributed by atoms with Crippen LogP contribution in [0.1, 0.15) is 45.5 Å². The van der Waals surface area contributed by atoms with Gasteiger partial charge in [0.15, 0.2) is 5.82 Å². The van der Waals surface area contributed by atoms with Gasteiger partial charge < -0.3 is 9.80 Å². The molecule has 2 aromatic heterocycles. The molecule has 0 atom stereocenters. The monoisotopic (exact) mass is 382 g/mol. The fraction of sp³-hybridized carbons (Fsp3) is 0.474. The van der Waals surface area contributed by atoms with Crippen LogP contribution in [0.5, 0.6) is 0 Å². The van der Waals surface area contributed by atoms with E-state index < -0.39 is 0 Å². The zero-order chi connectivity index (χ0) is 18.5. The van der Waals surface area contributed by atoms with E-state index in [0.717, 1.165) is 31.8 Å². The van der Waals surface area contributed by atoms with Crippen LogP contribution in [-0.4, -0.2) is 56.8 Å². The number of carbonyl (C=O) groups is 1. The summed E-state index contributed by atoms with van der Waals surface area (Å²) in [5.41, 5.74) is 3.89. The molecule has 0 unspecified atom stereocenters. The molecule has 2 fully saturated rings. The lowest BCUT2D eigenvalue weighted by atomic mass is 10.1. The molecular weight excluding hydrogens is 360 g/mol. The van der Waals surface area contributed by atoms with Crippen LogP contribution < -0.4 is 4.90 Å². The number of piperazine rings is 1. The van der Waals surface area contributed by atoms with Crippen molar-refractivity contribution in [3.8, 4) is 0 Å². The first kappa shape index (κ1) is 16.7. The number of amides is 1. The van der Waals surface area contributed by atoms with Crippen molar-refractivity contribution in [2.24, 2.45) is 0 Å². The smallest absolute Gasteiger partial charge is 0.284 e. The van der Waals surface area contributed by atoms with Crippen molar-refractivity contribution in [1.29, 1.82) is 0 Å². The molecule has 0 spiro atoms. The van der Waals surface area contributed by atoms with Crippen molar-refractivity contribution in [3.05, 3.63) is 40.2 Å². The topological polar surface area (TPSA) is 66.6 Å². The van der Waals surface area contributed by atoms with Gasteiger partial charge in [0.2, 0.25) is 9.97 Å². The van der Waals surface area contributed by atoms with Gasteiger partial charge in [0.1, 0.15) is 0 Å². The van der Waals surface area contributed by atoms with Crippen molar-refractivity contribution in [1.82, 2.24) is 24.7 Å². The fourth-order valence-corrected chi connectivity index (χ4v) is 4.49. The molecule has 7 nitrogen and oxygen atoms in total. The highest BCUT2D eigenvalue weighted by molar-refractivity contribution is 7.18. The summed E-state index contributed by atoms with van der Waals surface area (Å²) in [5, 5.41) is 13.4. The molecule has 1 aromatic carbocycles. The molecule has 8 heteroatoms. The Kier molecular flexibility index (Phi) is 3.89. The molecule has 1 aliphatic carbocycles. The van der Waals surface area contributed by atoms with Crippen LogP contribution in [0.3, 0.4) is 0 Å². The maximum atomic E-state index is 12.9. The van der Waals surface area contributed by atoms with Crippen LogP contribution >= 0.6 is 11.3 Å². The molecule has 140 valence electrons. The lowest BCUT2D eigenvalue weighted by Crippen LogP contribution is -2.49. The number of anilines is 1.